The lowest BCUT2D eigenvalue weighted by Crippen LogP contribution is -2.61. The second-order valence-corrected chi connectivity index (χ2v) is 10.7. The van der Waals surface area contributed by atoms with E-state index in [2.05, 4.69) is 21.1 Å². The van der Waals surface area contributed by atoms with Gasteiger partial charge in [-0.05, 0) is 31.6 Å². The van der Waals surface area contributed by atoms with E-state index in [4.69, 9.17) is 14.0 Å². The molecule has 4 atom stereocenters. The molecule has 1 aromatic heterocycles. The fourth-order valence-corrected chi connectivity index (χ4v) is 3.55. The number of nitrogens with zero attached hydrogens (tertiary/aromatic N) is 1. The third-order valence-corrected chi connectivity index (χ3v) is 5.67. The minimum atomic E-state index is -1.09. The van der Waals surface area contributed by atoms with E-state index in [1.54, 1.807) is 34.6 Å². The van der Waals surface area contributed by atoms with E-state index in [1.165, 1.54) is 13.2 Å². The Balaban J connectivity index is 2.16. The topological polar surface area (TPSA) is 152 Å². The van der Waals surface area contributed by atoms with E-state index in [9.17, 15) is 19.2 Å². The number of Topliss-reactive ketones (excluding diaryl/α,β-unsaturated/α-hetero) is 1. The highest BCUT2D eigenvalue weighted by atomic mass is 16.6. The lowest BCUT2D eigenvalue weighted by atomic mass is 9.85. The molecule has 1 fully saturated rings. The number of carbonyl (C=O) groups is 4. The Morgan fingerprint density at radius 3 is 2.20 bits per heavy atom. The molecule has 0 saturated carbocycles. The van der Waals surface area contributed by atoms with Gasteiger partial charge in [-0.15, -0.1) is 0 Å². The van der Waals surface area contributed by atoms with Crippen LogP contribution in [0.4, 0.5) is 0 Å². The first-order valence-electron chi connectivity index (χ1n) is 11.7. The number of ketones is 1. The molecule has 1 aromatic rings. The molecule has 0 bridgehead atoms. The van der Waals surface area contributed by atoms with Gasteiger partial charge in [-0.2, -0.15) is 0 Å². The summed E-state index contributed by atoms with van der Waals surface area (Å²) in [4.78, 5) is 51.9. The maximum atomic E-state index is 13.3. The Morgan fingerprint density at radius 1 is 1.11 bits per heavy atom. The number of rotatable bonds is 12. The van der Waals surface area contributed by atoms with Crippen LogP contribution in [0.3, 0.4) is 0 Å². The first-order chi connectivity index (χ1) is 16.2. The van der Waals surface area contributed by atoms with Crippen LogP contribution in [0, 0.1) is 18.3 Å². The van der Waals surface area contributed by atoms with E-state index < -0.39 is 46.9 Å². The maximum Gasteiger partial charge on any atom is 0.274 e. The van der Waals surface area contributed by atoms with Gasteiger partial charge < -0.3 is 29.9 Å². The minimum Gasteiger partial charge on any atom is -0.382 e. The lowest BCUT2D eigenvalue weighted by Gasteiger charge is -2.33. The first-order valence-corrected chi connectivity index (χ1v) is 11.7. The summed E-state index contributed by atoms with van der Waals surface area (Å²) >= 11 is 0. The van der Waals surface area contributed by atoms with Crippen LogP contribution in [0.1, 0.15) is 64.2 Å². The van der Waals surface area contributed by atoms with Crippen molar-refractivity contribution in [3.05, 3.63) is 17.5 Å². The Bertz CT molecular complexity index is 931. The molecule has 2 heterocycles. The van der Waals surface area contributed by atoms with Crippen LogP contribution in [0.2, 0.25) is 0 Å². The predicted molar refractivity (Wildman–Crippen MR) is 127 cm³/mol. The number of hydrogen-bond donors (Lipinski definition) is 3. The Labute approximate surface area is 206 Å². The van der Waals surface area contributed by atoms with Crippen molar-refractivity contribution in [2.45, 2.75) is 78.6 Å². The molecule has 11 heteroatoms. The number of aromatic nitrogens is 1. The molecule has 196 valence electrons. The number of epoxide rings is 1. The molecule has 3 unspecified atom stereocenters. The van der Waals surface area contributed by atoms with E-state index in [0.29, 0.717) is 18.8 Å². The van der Waals surface area contributed by atoms with Crippen molar-refractivity contribution in [3.63, 3.8) is 0 Å². The van der Waals surface area contributed by atoms with E-state index >= 15 is 0 Å². The van der Waals surface area contributed by atoms with Crippen LogP contribution in [-0.4, -0.2) is 72.7 Å². The average Bonchev–Trinajstić information content (AvgIpc) is 3.35. The third-order valence-electron chi connectivity index (χ3n) is 5.67. The minimum absolute atomic E-state index is 0.0207. The van der Waals surface area contributed by atoms with Crippen molar-refractivity contribution in [1.29, 1.82) is 0 Å². The largest absolute Gasteiger partial charge is 0.382 e. The maximum absolute atomic E-state index is 13.3. The molecule has 3 N–H and O–H groups in total. The zero-order valence-corrected chi connectivity index (χ0v) is 21.8. The number of ether oxygens (including phenoxy) is 2. The Morgan fingerprint density at radius 2 is 1.74 bits per heavy atom. The third kappa shape index (κ3) is 7.86. The Kier molecular flexibility index (Phi) is 9.18. The van der Waals surface area contributed by atoms with Gasteiger partial charge in [0.25, 0.3) is 5.91 Å². The number of carbonyl (C=O) groups excluding carboxylic acids is 4. The van der Waals surface area contributed by atoms with Crippen LogP contribution in [0.25, 0.3) is 0 Å². The number of hydrogen-bond acceptors (Lipinski definition) is 8. The average molecular weight is 495 g/mol. The highest BCUT2D eigenvalue weighted by Crippen LogP contribution is 2.30. The fourth-order valence-electron chi connectivity index (χ4n) is 3.55. The zero-order chi connectivity index (χ0) is 26.6. The molecular weight excluding hydrogens is 456 g/mol. The quantitative estimate of drug-likeness (QED) is 0.366. The van der Waals surface area contributed by atoms with Crippen molar-refractivity contribution in [3.8, 4) is 0 Å². The smallest absolute Gasteiger partial charge is 0.274 e. The molecule has 35 heavy (non-hydrogen) atoms. The molecule has 0 spiro atoms. The van der Waals surface area contributed by atoms with Gasteiger partial charge in [-0.3, -0.25) is 19.2 Å². The summed E-state index contributed by atoms with van der Waals surface area (Å²) in [5.74, 6) is -1.32. The van der Waals surface area contributed by atoms with E-state index in [1.807, 2.05) is 13.8 Å². The van der Waals surface area contributed by atoms with Gasteiger partial charge in [-0.25, -0.2) is 0 Å². The second kappa shape index (κ2) is 11.3. The normalized spacial score (nSPS) is 20.0. The molecule has 3 amide bonds. The standard InChI is InChI=1S/C24H38N4O7/c1-13(2)9-15(19(29)24(7)12-34-24)25-22(32)18(23(4,5)6)27-21(31)17(11-33-8)26-20(30)16-10-14(3)35-28-16/h10,13,15,17-18H,9,11-12H2,1-8H3,(H,25,32)(H,26,30)(H,27,31)/t15?,17?,18-,24?/m1/s1. The highest BCUT2D eigenvalue weighted by Gasteiger charge is 2.50. The van der Waals surface area contributed by atoms with Gasteiger partial charge in [0.1, 0.15) is 23.4 Å². The van der Waals surface area contributed by atoms with E-state index in [-0.39, 0.29) is 24.0 Å². The van der Waals surface area contributed by atoms with Gasteiger partial charge in [-0.1, -0.05) is 39.8 Å². The van der Waals surface area contributed by atoms with Crippen molar-refractivity contribution in [1.82, 2.24) is 21.1 Å². The summed E-state index contributed by atoms with van der Waals surface area (Å²) in [5, 5.41) is 11.8. The fraction of sp³-hybridized carbons (Fsp3) is 0.708. The SMILES string of the molecule is COCC(NC(=O)c1cc(C)on1)C(=O)N[C@H](C(=O)NC(CC(C)C)C(=O)C1(C)CO1)C(C)(C)C. The molecule has 1 aliphatic rings. The lowest BCUT2D eigenvalue weighted by molar-refractivity contribution is -0.136. The molecule has 0 radical (unpaired) electrons. The number of amides is 3. The van der Waals surface area contributed by atoms with Gasteiger partial charge in [0.2, 0.25) is 11.8 Å². The van der Waals surface area contributed by atoms with Crippen molar-refractivity contribution < 1.29 is 33.2 Å². The summed E-state index contributed by atoms with van der Waals surface area (Å²) in [5.41, 5.74) is -1.57. The van der Waals surface area contributed by atoms with Crippen molar-refractivity contribution >= 4 is 23.5 Å². The van der Waals surface area contributed by atoms with Crippen LogP contribution < -0.4 is 16.0 Å². The summed E-state index contributed by atoms with van der Waals surface area (Å²) in [7, 11) is 1.39. The first kappa shape index (κ1) is 28.4. The van der Waals surface area contributed by atoms with Gasteiger partial charge in [0.05, 0.1) is 19.3 Å². The van der Waals surface area contributed by atoms with Crippen molar-refractivity contribution in [2.75, 3.05) is 20.3 Å². The van der Waals surface area contributed by atoms with Crippen LogP contribution in [0.5, 0.6) is 0 Å². The molecule has 0 aliphatic carbocycles. The molecule has 2 rings (SSSR count). The van der Waals surface area contributed by atoms with Crippen molar-refractivity contribution in [2.24, 2.45) is 11.3 Å². The van der Waals surface area contributed by atoms with Gasteiger partial charge in [0, 0.05) is 13.2 Å². The molecule has 0 aromatic carbocycles. The van der Waals surface area contributed by atoms with Crippen LogP contribution >= 0.6 is 0 Å². The van der Waals surface area contributed by atoms with Crippen LogP contribution in [0.15, 0.2) is 10.6 Å². The molecule has 1 saturated heterocycles. The van der Waals surface area contributed by atoms with Crippen LogP contribution in [-0.2, 0) is 23.9 Å². The summed E-state index contributed by atoms with van der Waals surface area (Å²) in [6.07, 6.45) is 0.438. The van der Waals surface area contributed by atoms with Gasteiger partial charge >= 0.3 is 0 Å². The molecule has 11 nitrogen and oxygen atoms in total. The molecular formula is C24H38N4O7. The monoisotopic (exact) mass is 494 g/mol. The predicted octanol–water partition coefficient (Wildman–Crippen LogP) is 1.15. The number of nitrogens with one attached hydrogen (secondary N) is 3. The second-order valence-electron chi connectivity index (χ2n) is 10.7. The summed E-state index contributed by atoms with van der Waals surface area (Å²) < 4.78 is 15.3. The molecule has 1 aliphatic heterocycles. The Hall–Kier alpha value is -2.79. The zero-order valence-electron chi connectivity index (χ0n) is 21.8. The van der Waals surface area contributed by atoms with Gasteiger partial charge in [0.15, 0.2) is 11.5 Å². The number of methoxy groups -OCH3 is 1. The highest BCUT2D eigenvalue weighted by molar-refractivity contribution is 5.99. The summed E-state index contributed by atoms with van der Waals surface area (Å²) in [6, 6.07) is -1.38. The number of aryl methyl sites for hydroxylation is 1. The van der Waals surface area contributed by atoms with E-state index in [0.717, 1.165) is 0 Å². The summed E-state index contributed by atoms with van der Waals surface area (Å²) in [6.45, 7) is 12.8.